The lowest BCUT2D eigenvalue weighted by Crippen LogP contribution is -2.44. The average molecular weight is 292 g/mol. The molecule has 5 nitrogen and oxygen atoms in total. The van der Waals surface area contributed by atoms with Gasteiger partial charge in [-0.15, -0.1) is 0 Å². The van der Waals surface area contributed by atoms with Crippen molar-refractivity contribution in [3.05, 3.63) is 35.9 Å². The van der Waals surface area contributed by atoms with Crippen molar-refractivity contribution in [2.24, 2.45) is 5.92 Å². The lowest BCUT2D eigenvalue weighted by Gasteiger charge is -2.18. The van der Waals surface area contributed by atoms with Gasteiger partial charge in [0.1, 0.15) is 6.61 Å². The van der Waals surface area contributed by atoms with Crippen LogP contribution in [0.4, 0.5) is 4.79 Å². The molecule has 0 spiro atoms. The predicted octanol–water partition coefficient (Wildman–Crippen LogP) is 1.66. The number of aliphatic hydroxyl groups is 1. The van der Waals surface area contributed by atoms with Gasteiger partial charge in [0.05, 0.1) is 0 Å². The molecule has 1 aromatic carbocycles. The molecule has 1 aromatic rings. The normalized spacial score (nSPS) is 15.5. The zero-order valence-electron chi connectivity index (χ0n) is 12.3. The van der Waals surface area contributed by atoms with Crippen LogP contribution in [0.2, 0.25) is 0 Å². The number of amides is 1. The van der Waals surface area contributed by atoms with Crippen LogP contribution in [0.25, 0.3) is 0 Å². The van der Waals surface area contributed by atoms with Gasteiger partial charge in [0.2, 0.25) is 0 Å². The Morgan fingerprint density at radius 2 is 2.10 bits per heavy atom. The van der Waals surface area contributed by atoms with Gasteiger partial charge in [0, 0.05) is 19.2 Å². The molecule has 1 fully saturated rings. The number of hydrogen-bond acceptors (Lipinski definition) is 4. The molecule has 1 unspecified atom stereocenters. The zero-order chi connectivity index (χ0) is 14.9. The number of carbonyl (C=O) groups excluding carboxylic acids is 1. The largest absolute Gasteiger partial charge is 0.445 e. The third kappa shape index (κ3) is 6.14. The van der Waals surface area contributed by atoms with Crippen LogP contribution in [0.3, 0.4) is 0 Å². The summed E-state index contributed by atoms with van der Waals surface area (Å²) in [5.74, 6) is 0.552. The molecule has 0 bridgehead atoms. The summed E-state index contributed by atoms with van der Waals surface area (Å²) in [5.41, 5.74) is 0.983. The molecule has 0 aromatic heterocycles. The summed E-state index contributed by atoms with van der Waals surface area (Å²) in [7, 11) is 0. The van der Waals surface area contributed by atoms with Crippen LogP contribution in [0, 0.1) is 5.92 Å². The SMILES string of the molecule is O=C(NC(CNCCCO)C1CC1)OCc1ccccc1. The molecule has 0 heterocycles. The maximum atomic E-state index is 11.8. The van der Waals surface area contributed by atoms with E-state index in [0.717, 1.165) is 37.9 Å². The number of benzene rings is 1. The summed E-state index contributed by atoms with van der Waals surface area (Å²) in [4.78, 5) is 11.8. The Morgan fingerprint density at radius 3 is 2.76 bits per heavy atom. The highest BCUT2D eigenvalue weighted by molar-refractivity contribution is 5.67. The Bertz CT molecular complexity index is 421. The summed E-state index contributed by atoms with van der Waals surface area (Å²) < 4.78 is 5.25. The minimum Gasteiger partial charge on any atom is -0.445 e. The Morgan fingerprint density at radius 1 is 1.33 bits per heavy atom. The topological polar surface area (TPSA) is 70.6 Å². The smallest absolute Gasteiger partial charge is 0.407 e. The molecule has 5 heteroatoms. The second kappa shape index (κ2) is 8.64. The number of rotatable bonds is 9. The highest BCUT2D eigenvalue weighted by atomic mass is 16.5. The number of ether oxygens (including phenoxy) is 1. The summed E-state index contributed by atoms with van der Waals surface area (Å²) >= 11 is 0. The van der Waals surface area contributed by atoms with Crippen molar-refractivity contribution in [1.29, 1.82) is 0 Å². The molecule has 21 heavy (non-hydrogen) atoms. The van der Waals surface area contributed by atoms with Crippen molar-refractivity contribution in [2.45, 2.75) is 31.9 Å². The third-order valence-corrected chi connectivity index (χ3v) is 3.58. The van der Waals surface area contributed by atoms with E-state index >= 15 is 0 Å². The van der Waals surface area contributed by atoms with Crippen molar-refractivity contribution in [2.75, 3.05) is 19.7 Å². The van der Waals surface area contributed by atoms with Gasteiger partial charge >= 0.3 is 6.09 Å². The molecule has 3 N–H and O–H groups in total. The Kier molecular flexibility index (Phi) is 6.50. The lowest BCUT2D eigenvalue weighted by atomic mass is 10.2. The first kappa shape index (κ1) is 15.8. The second-order valence-electron chi connectivity index (χ2n) is 5.43. The van der Waals surface area contributed by atoms with Crippen molar-refractivity contribution >= 4 is 6.09 Å². The first-order valence-corrected chi connectivity index (χ1v) is 7.58. The molecule has 2 rings (SSSR count). The molecule has 116 valence electrons. The molecule has 0 saturated heterocycles. The summed E-state index contributed by atoms with van der Waals surface area (Å²) in [6.45, 7) is 1.97. The van der Waals surface area contributed by atoms with Crippen molar-refractivity contribution in [1.82, 2.24) is 10.6 Å². The van der Waals surface area contributed by atoms with Crippen molar-refractivity contribution in [3.63, 3.8) is 0 Å². The van der Waals surface area contributed by atoms with Gasteiger partial charge < -0.3 is 20.5 Å². The quantitative estimate of drug-likeness (QED) is 0.605. The third-order valence-electron chi connectivity index (χ3n) is 3.58. The molecule has 1 amide bonds. The fourth-order valence-corrected chi connectivity index (χ4v) is 2.21. The molecule has 0 aliphatic heterocycles. The Balaban J connectivity index is 1.68. The van der Waals surface area contributed by atoms with E-state index in [0.29, 0.717) is 12.5 Å². The minimum absolute atomic E-state index is 0.118. The molecule has 1 saturated carbocycles. The number of carbonyl (C=O) groups is 1. The summed E-state index contributed by atoms with van der Waals surface area (Å²) in [6.07, 6.45) is 2.69. The predicted molar refractivity (Wildman–Crippen MR) is 80.8 cm³/mol. The van der Waals surface area contributed by atoms with Crippen LogP contribution in [-0.4, -0.2) is 36.9 Å². The fraction of sp³-hybridized carbons (Fsp3) is 0.562. The Labute approximate surface area is 125 Å². The first-order valence-electron chi connectivity index (χ1n) is 7.58. The molecular weight excluding hydrogens is 268 g/mol. The maximum Gasteiger partial charge on any atom is 0.407 e. The minimum atomic E-state index is -0.361. The second-order valence-corrected chi connectivity index (χ2v) is 5.43. The maximum absolute atomic E-state index is 11.8. The van der Waals surface area contributed by atoms with Gasteiger partial charge in [0.15, 0.2) is 0 Å². The lowest BCUT2D eigenvalue weighted by molar-refractivity contribution is 0.134. The first-order chi connectivity index (χ1) is 10.3. The van der Waals surface area contributed by atoms with Gasteiger partial charge in [-0.3, -0.25) is 0 Å². The van der Waals surface area contributed by atoms with E-state index in [1.807, 2.05) is 30.3 Å². The van der Waals surface area contributed by atoms with Crippen LogP contribution in [-0.2, 0) is 11.3 Å². The van der Waals surface area contributed by atoms with Crippen molar-refractivity contribution in [3.8, 4) is 0 Å². The van der Waals surface area contributed by atoms with Crippen LogP contribution in [0.5, 0.6) is 0 Å². The van der Waals surface area contributed by atoms with E-state index in [-0.39, 0.29) is 18.7 Å². The zero-order valence-corrected chi connectivity index (χ0v) is 12.3. The van der Waals surface area contributed by atoms with Crippen molar-refractivity contribution < 1.29 is 14.6 Å². The van der Waals surface area contributed by atoms with E-state index in [1.54, 1.807) is 0 Å². The number of hydrogen-bond donors (Lipinski definition) is 3. The van der Waals surface area contributed by atoms with E-state index < -0.39 is 0 Å². The van der Waals surface area contributed by atoms with Gasteiger partial charge in [-0.2, -0.15) is 0 Å². The molecule has 1 aliphatic rings. The van der Waals surface area contributed by atoms with Gasteiger partial charge in [-0.05, 0) is 37.3 Å². The standard InChI is InChI=1S/C16H24N2O3/c19-10-4-9-17-11-15(14-7-8-14)18-16(20)21-12-13-5-2-1-3-6-13/h1-3,5-6,14-15,17,19H,4,7-12H2,(H,18,20). The Hall–Kier alpha value is -1.59. The van der Waals surface area contributed by atoms with Crippen LogP contribution in [0.1, 0.15) is 24.8 Å². The highest BCUT2D eigenvalue weighted by Gasteiger charge is 2.32. The molecular formula is C16H24N2O3. The molecule has 1 atom stereocenters. The van der Waals surface area contributed by atoms with E-state index in [2.05, 4.69) is 10.6 Å². The van der Waals surface area contributed by atoms with Gasteiger partial charge in [-0.1, -0.05) is 30.3 Å². The monoisotopic (exact) mass is 292 g/mol. The number of alkyl carbamates (subject to hydrolysis) is 1. The average Bonchev–Trinajstić information content (AvgIpc) is 3.34. The number of aliphatic hydroxyl groups excluding tert-OH is 1. The van der Waals surface area contributed by atoms with Crippen LogP contribution < -0.4 is 10.6 Å². The van der Waals surface area contributed by atoms with E-state index in [4.69, 9.17) is 9.84 Å². The van der Waals surface area contributed by atoms with Gasteiger partial charge in [0.25, 0.3) is 0 Å². The van der Waals surface area contributed by atoms with E-state index in [1.165, 1.54) is 0 Å². The fourth-order valence-electron chi connectivity index (χ4n) is 2.21. The summed E-state index contributed by atoms with van der Waals surface area (Å²) in [5, 5.41) is 14.9. The van der Waals surface area contributed by atoms with Gasteiger partial charge in [-0.25, -0.2) is 4.79 Å². The summed E-state index contributed by atoms with van der Waals surface area (Å²) in [6, 6.07) is 9.77. The van der Waals surface area contributed by atoms with E-state index in [9.17, 15) is 4.79 Å². The molecule has 0 radical (unpaired) electrons. The highest BCUT2D eigenvalue weighted by Crippen LogP contribution is 2.32. The van der Waals surface area contributed by atoms with Crippen LogP contribution in [0.15, 0.2) is 30.3 Å². The molecule has 1 aliphatic carbocycles. The van der Waals surface area contributed by atoms with Crippen LogP contribution >= 0.6 is 0 Å². The number of nitrogens with one attached hydrogen (secondary N) is 2.